The van der Waals surface area contributed by atoms with Crippen molar-refractivity contribution in [3.05, 3.63) is 28.2 Å². The second kappa shape index (κ2) is 9.12. The largest absolute Gasteiger partial charge is 0.494 e. The molecule has 0 spiro atoms. The summed E-state index contributed by atoms with van der Waals surface area (Å²) in [5.74, 6) is 1.58. The fourth-order valence-electron chi connectivity index (χ4n) is 3.39. The van der Waals surface area contributed by atoms with E-state index < -0.39 is 5.60 Å². The Morgan fingerprint density at radius 1 is 1.35 bits per heavy atom. The zero-order valence-corrected chi connectivity index (χ0v) is 18.3. The number of benzene rings is 1. The van der Waals surface area contributed by atoms with Crippen LogP contribution in [0.4, 0.5) is 4.79 Å². The van der Waals surface area contributed by atoms with E-state index in [4.69, 9.17) is 9.47 Å². The molecule has 1 aliphatic rings. The van der Waals surface area contributed by atoms with E-state index in [0.29, 0.717) is 5.92 Å². The Labute approximate surface area is 166 Å². The first-order chi connectivity index (χ1) is 12.2. The van der Waals surface area contributed by atoms with Crippen LogP contribution in [0.3, 0.4) is 0 Å². The highest BCUT2D eigenvalue weighted by molar-refractivity contribution is 9.10. The Balaban J connectivity index is 1.70. The average molecular weight is 426 g/mol. The van der Waals surface area contributed by atoms with Crippen LogP contribution in [-0.2, 0) is 4.74 Å². The predicted octanol–water partition coefficient (Wildman–Crippen LogP) is 5.95. The van der Waals surface area contributed by atoms with Crippen molar-refractivity contribution in [3.8, 4) is 5.75 Å². The van der Waals surface area contributed by atoms with Gasteiger partial charge in [0.05, 0.1) is 6.61 Å². The molecule has 1 saturated heterocycles. The highest BCUT2D eigenvalue weighted by Crippen LogP contribution is 2.28. The van der Waals surface area contributed by atoms with Crippen molar-refractivity contribution in [2.24, 2.45) is 5.92 Å². The van der Waals surface area contributed by atoms with Crippen LogP contribution in [0.2, 0.25) is 0 Å². The van der Waals surface area contributed by atoms with Crippen molar-refractivity contribution in [2.45, 2.75) is 71.9 Å². The third kappa shape index (κ3) is 6.49. The first-order valence-corrected chi connectivity index (χ1v) is 10.3. The maximum absolute atomic E-state index is 12.3. The lowest BCUT2D eigenvalue weighted by Gasteiger charge is -2.38. The standard InChI is InChI=1S/C21H32BrNO3/c1-15-13-18(8-9-19(15)22)25-12-6-7-17-10-11-23(16(2)14-17)20(24)26-21(3,4)5/h8-9,13,16-17H,6-7,10-12,14H2,1-5H3/t16-,17?/m1/s1. The van der Waals surface area contributed by atoms with Gasteiger partial charge in [-0.05, 0) is 90.0 Å². The van der Waals surface area contributed by atoms with Gasteiger partial charge >= 0.3 is 6.09 Å². The van der Waals surface area contributed by atoms with Gasteiger partial charge in [-0.1, -0.05) is 15.9 Å². The summed E-state index contributed by atoms with van der Waals surface area (Å²) in [6.45, 7) is 11.4. The molecule has 1 aliphatic heterocycles. The quantitative estimate of drug-likeness (QED) is 0.546. The van der Waals surface area contributed by atoms with E-state index in [1.54, 1.807) is 0 Å². The molecule has 146 valence electrons. The second-order valence-electron chi connectivity index (χ2n) is 8.31. The van der Waals surface area contributed by atoms with Crippen LogP contribution in [0.15, 0.2) is 22.7 Å². The normalized spacial score (nSPS) is 20.8. The summed E-state index contributed by atoms with van der Waals surface area (Å²) in [6.07, 6.45) is 4.08. The molecule has 1 fully saturated rings. The van der Waals surface area contributed by atoms with Gasteiger partial charge in [-0.2, -0.15) is 0 Å². The lowest BCUT2D eigenvalue weighted by molar-refractivity contribution is 0.00646. The molecule has 4 nitrogen and oxygen atoms in total. The van der Waals surface area contributed by atoms with Crippen LogP contribution in [0.5, 0.6) is 5.75 Å². The second-order valence-corrected chi connectivity index (χ2v) is 9.17. The van der Waals surface area contributed by atoms with E-state index in [-0.39, 0.29) is 12.1 Å². The summed E-state index contributed by atoms with van der Waals surface area (Å²) in [5, 5.41) is 0. The smallest absolute Gasteiger partial charge is 0.410 e. The minimum Gasteiger partial charge on any atom is -0.494 e. The van der Waals surface area contributed by atoms with Crippen molar-refractivity contribution >= 4 is 22.0 Å². The SMILES string of the molecule is Cc1cc(OCCCC2CCN(C(=O)OC(C)(C)C)[C@H](C)C2)ccc1Br. The zero-order chi connectivity index (χ0) is 19.3. The molecule has 0 radical (unpaired) electrons. The zero-order valence-electron chi connectivity index (χ0n) is 16.7. The van der Waals surface area contributed by atoms with E-state index >= 15 is 0 Å². The average Bonchev–Trinajstić information content (AvgIpc) is 2.53. The molecule has 1 unspecified atom stereocenters. The number of aryl methyl sites for hydroxylation is 1. The number of hydrogen-bond donors (Lipinski definition) is 0. The van der Waals surface area contributed by atoms with Gasteiger partial charge in [-0.25, -0.2) is 4.79 Å². The highest BCUT2D eigenvalue weighted by Gasteiger charge is 2.31. The molecule has 0 N–H and O–H groups in total. The molecule has 1 amide bonds. The summed E-state index contributed by atoms with van der Waals surface area (Å²) in [4.78, 5) is 14.2. The van der Waals surface area contributed by atoms with E-state index in [1.807, 2.05) is 37.8 Å². The molecule has 0 saturated carbocycles. The number of hydrogen-bond acceptors (Lipinski definition) is 3. The van der Waals surface area contributed by atoms with Gasteiger partial charge in [-0.15, -0.1) is 0 Å². The fourth-order valence-corrected chi connectivity index (χ4v) is 3.64. The Morgan fingerprint density at radius 3 is 2.69 bits per heavy atom. The van der Waals surface area contributed by atoms with Crippen molar-refractivity contribution in [2.75, 3.05) is 13.2 Å². The molecule has 0 aromatic heterocycles. The number of carbonyl (C=O) groups excluding carboxylic acids is 1. The van der Waals surface area contributed by atoms with Gasteiger partial charge in [-0.3, -0.25) is 0 Å². The minimum atomic E-state index is -0.434. The number of likely N-dealkylation sites (tertiary alicyclic amines) is 1. The number of rotatable bonds is 5. The van der Waals surface area contributed by atoms with Gasteiger partial charge in [0, 0.05) is 17.1 Å². The molecular formula is C21H32BrNO3. The highest BCUT2D eigenvalue weighted by atomic mass is 79.9. The molecule has 0 aliphatic carbocycles. The first-order valence-electron chi connectivity index (χ1n) is 9.54. The summed E-state index contributed by atoms with van der Waals surface area (Å²) < 4.78 is 12.5. The maximum atomic E-state index is 12.3. The van der Waals surface area contributed by atoms with Crippen LogP contribution in [0.25, 0.3) is 0 Å². The molecule has 0 bridgehead atoms. The number of halogens is 1. The van der Waals surface area contributed by atoms with Crippen molar-refractivity contribution in [1.29, 1.82) is 0 Å². The minimum absolute atomic E-state index is 0.183. The Hall–Kier alpha value is -1.23. The number of ether oxygens (including phenoxy) is 2. The topological polar surface area (TPSA) is 38.8 Å². The molecule has 2 atom stereocenters. The number of piperidine rings is 1. The van der Waals surface area contributed by atoms with Crippen molar-refractivity contribution in [3.63, 3.8) is 0 Å². The predicted molar refractivity (Wildman–Crippen MR) is 109 cm³/mol. The molecule has 5 heteroatoms. The van der Waals surface area contributed by atoms with Gasteiger partial charge < -0.3 is 14.4 Å². The van der Waals surface area contributed by atoms with Crippen LogP contribution >= 0.6 is 15.9 Å². The fraction of sp³-hybridized carbons (Fsp3) is 0.667. The van der Waals surface area contributed by atoms with Crippen molar-refractivity contribution in [1.82, 2.24) is 4.90 Å². The molecule has 2 rings (SSSR count). The summed E-state index contributed by atoms with van der Waals surface area (Å²) in [7, 11) is 0. The monoisotopic (exact) mass is 425 g/mol. The summed E-state index contributed by atoms with van der Waals surface area (Å²) in [5.41, 5.74) is 0.752. The molecule has 1 aromatic rings. The number of amides is 1. The van der Waals surface area contributed by atoms with Crippen LogP contribution in [0, 0.1) is 12.8 Å². The molecule has 1 aromatic carbocycles. The van der Waals surface area contributed by atoms with Gasteiger partial charge in [0.1, 0.15) is 11.4 Å². The first kappa shape index (κ1) is 21.1. The van der Waals surface area contributed by atoms with E-state index in [9.17, 15) is 4.79 Å². The Morgan fingerprint density at radius 2 is 2.08 bits per heavy atom. The Kier molecular flexibility index (Phi) is 7.39. The van der Waals surface area contributed by atoms with Crippen LogP contribution in [0.1, 0.15) is 58.9 Å². The lowest BCUT2D eigenvalue weighted by atomic mass is 9.88. The van der Waals surface area contributed by atoms with Crippen molar-refractivity contribution < 1.29 is 14.3 Å². The molecule has 26 heavy (non-hydrogen) atoms. The third-order valence-electron chi connectivity index (χ3n) is 4.77. The van der Waals surface area contributed by atoms with E-state index in [2.05, 4.69) is 35.8 Å². The van der Waals surface area contributed by atoms with Crippen LogP contribution < -0.4 is 4.74 Å². The maximum Gasteiger partial charge on any atom is 0.410 e. The van der Waals surface area contributed by atoms with E-state index in [1.165, 1.54) is 5.56 Å². The molecular weight excluding hydrogens is 394 g/mol. The van der Waals surface area contributed by atoms with Gasteiger partial charge in [0.2, 0.25) is 0 Å². The lowest BCUT2D eigenvalue weighted by Crippen LogP contribution is -2.46. The summed E-state index contributed by atoms with van der Waals surface area (Å²) >= 11 is 3.51. The van der Waals surface area contributed by atoms with Gasteiger partial charge in [0.15, 0.2) is 0 Å². The number of carbonyl (C=O) groups is 1. The van der Waals surface area contributed by atoms with Gasteiger partial charge in [0.25, 0.3) is 0 Å². The van der Waals surface area contributed by atoms with E-state index in [0.717, 1.165) is 49.1 Å². The molecule has 1 heterocycles. The Bertz CT molecular complexity index is 612. The summed E-state index contributed by atoms with van der Waals surface area (Å²) in [6, 6.07) is 6.32. The third-order valence-corrected chi connectivity index (χ3v) is 5.66. The van der Waals surface area contributed by atoms with Crippen LogP contribution in [-0.4, -0.2) is 35.8 Å². The number of nitrogens with zero attached hydrogens (tertiary/aromatic N) is 1.